The zero-order valence-electron chi connectivity index (χ0n) is 6.49. The van der Waals surface area contributed by atoms with E-state index in [1.54, 1.807) is 0 Å². The van der Waals surface area contributed by atoms with Crippen molar-refractivity contribution in [3.8, 4) is 0 Å². The van der Waals surface area contributed by atoms with Crippen molar-refractivity contribution in [3.05, 3.63) is 0 Å². The molecule has 3 nitrogen and oxygen atoms in total. The van der Waals surface area contributed by atoms with Crippen LogP contribution < -0.4 is 0 Å². The Hall–Kier alpha value is -0.120. The van der Waals surface area contributed by atoms with E-state index in [1.807, 2.05) is 0 Å². The molecule has 64 valence electrons. The summed E-state index contributed by atoms with van der Waals surface area (Å²) in [7, 11) is 0. The molecule has 1 aliphatic carbocycles. The lowest BCUT2D eigenvalue weighted by Crippen LogP contribution is -2.48. The van der Waals surface area contributed by atoms with E-state index in [0.717, 1.165) is 19.3 Å². The summed E-state index contributed by atoms with van der Waals surface area (Å²) in [4.78, 5) is 0. The molecule has 1 saturated heterocycles. The summed E-state index contributed by atoms with van der Waals surface area (Å²) < 4.78 is 5.27. The van der Waals surface area contributed by atoms with Gasteiger partial charge in [-0.1, -0.05) is 12.8 Å². The number of hydrogen-bond donors (Lipinski definition) is 2. The minimum atomic E-state index is -0.918. The Morgan fingerprint density at radius 3 is 2.91 bits per heavy atom. The number of hydrogen-bond acceptors (Lipinski definition) is 3. The molecule has 0 unspecified atom stereocenters. The van der Waals surface area contributed by atoms with Gasteiger partial charge in [-0.15, -0.1) is 0 Å². The van der Waals surface area contributed by atoms with E-state index in [9.17, 15) is 10.2 Å². The van der Waals surface area contributed by atoms with Gasteiger partial charge in [0.25, 0.3) is 0 Å². The van der Waals surface area contributed by atoms with Crippen molar-refractivity contribution in [2.75, 3.05) is 6.61 Å². The summed E-state index contributed by atoms with van der Waals surface area (Å²) in [5, 5.41) is 19.3. The third-order valence-electron chi connectivity index (χ3n) is 2.88. The van der Waals surface area contributed by atoms with E-state index in [4.69, 9.17) is 4.74 Å². The van der Waals surface area contributed by atoms with Crippen molar-refractivity contribution in [3.63, 3.8) is 0 Å². The number of ether oxygens (including phenoxy) is 1. The molecule has 2 rings (SSSR count). The molecule has 0 amide bonds. The Bertz CT molecular complexity index is 157. The normalized spacial score (nSPS) is 50.7. The zero-order chi connectivity index (χ0) is 7.90. The minimum Gasteiger partial charge on any atom is -0.388 e. The molecule has 0 spiro atoms. The molecule has 3 heteroatoms. The van der Waals surface area contributed by atoms with Crippen molar-refractivity contribution in [2.45, 2.75) is 43.5 Å². The lowest BCUT2D eigenvalue weighted by molar-refractivity contribution is -0.0989. The zero-order valence-corrected chi connectivity index (χ0v) is 6.49. The summed E-state index contributed by atoms with van der Waals surface area (Å²) in [6.07, 6.45) is 2.94. The third-order valence-corrected chi connectivity index (χ3v) is 2.88. The van der Waals surface area contributed by atoms with Crippen LogP contribution in [-0.2, 0) is 4.74 Å². The van der Waals surface area contributed by atoms with Crippen molar-refractivity contribution in [1.82, 2.24) is 0 Å². The number of rotatable bonds is 0. The SMILES string of the molecule is O[C@@H]1CO[C@H]2CCCC[C@]12O. The van der Waals surface area contributed by atoms with Gasteiger partial charge in [-0.2, -0.15) is 0 Å². The topological polar surface area (TPSA) is 49.7 Å². The van der Waals surface area contributed by atoms with Crippen LogP contribution in [0.4, 0.5) is 0 Å². The van der Waals surface area contributed by atoms with E-state index >= 15 is 0 Å². The molecule has 1 saturated carbocycles. The standard InChI is InChI=1S/C8H14O3/c9-6-5-11-7-3-1-2-4-8(6,7)10/h6-7,9-10H,1-5H2/t6-,7+,8+/m1/s1. The van der Waals surface area contributed by atoms with Crippen LogP contribution in [0.5, 0.6) is 0 Å². The van der Waals surface area contributed by atoms with Crippen LogP contribution >= 0.6 is 0 Å². The first-order valence-electron chi connectivity index (χ1n) is 4.25. The van der Waals surface area contributed by atoms with Gasteiger partial charge in [-0.3, -0.25) is 0 Å². The summed E-state index contributed by atoms with van der Waals surface area (Å²) >= 11 is 0. The van der Waals surface area contributed by atoms with Gasteiger partial charge >= 0.3 is 0 Å². The van der Waals surface area contributed by atoms with Crippen molar-refractivity contribution in [2.24, 2.45) is 0 Å². The average molecular weight is 158 g/mol. The number of fused-ring (bicyclic) bond motifs is 1. The van der Waals surface area contributed by atoms with Crippen LogP contribution in [-0.4, -0.2) is 34.6 Å². The molecule has 3 atom stereocenters. The fourth-order valence-electron chi connectivity index (χ4n) is 2.11. The summed E-state index contributed by atoms with van der Waals surface area (Å²) in [5.74, 6) is 0. The predicted octanol–water partition coefficient (Wildman–Crippen LogP) is 0.0512. The molecule has 2 aliphatic rings. The van der Waals surface area contributed by atoms with E-state index < -0.39 is 11.7 Å². The van der Waals surface area contributed by atoms with Gasteiger partial charge in [0.15, 0.2) is 0 Å². The first-order chi connectivity index (χ1) is 5.23. The fraction of sp³-hybridized carbons (Fsp3) is 1.00. The second kappa shape index (κ2) is 2.44. The Morgan fingerprint density at radius 2 is 2.18 bits per heavy atom. The van der Waals surface area contributed by atoms with Crippen LogP contribution in [0.25, 0.3) is 0 Å². The largest absolute Gasteiger partial charge is 0.388 e. The molecular formula is C8H14O3. The Labute approximate surface area is 66.0 Å². The van der Waals surface area contributed by atoms with Crippen LogP contribution in [0.3, 0.4) is 0 Å². The first-order valence-corrected chi connectivity index (χ1v) is 4.25. The third kappa shape index (κ3) is 0.991. The van der Waals surface area contributed by atoms with Gasteiger partial charge in [-0.05, 0) is 12.8 Å². The van der Waals surface area contributed by atoms with Gasteiger partial charge in [0.05, 0.1) is 12.7 Å². The Morgan fingerprint density at radius 1 is 1.36 bits per heavy atom. The molecule has 2 fully saturated rings. The molecule has 0 radical (unpaired) electrons. The molecular weight excluding hydrogens is 144 g/mol. The van der Waals surface area contributed by atoms with Crippen LogP contribution in [0.2, 0.25) is 0 Å². The predicted molar refractivity (Wildman–Crippen MR) is 39.2 cm³/mol. The highest BCUT2D eigenvalue weighted by Gasteiger charge is 2.50. The van der Waals surface area contributed by atoms with Crippen molar-refractivity contribution >= 4 is 0 Å². The Balaban J connectivity index is 2.16. The highest BCUT2D eigenvalue weighted by molar-refractivity contribution is 5.00. The summed E-state index contributed by atoms with van der Waals surface area (Å²) in [6, 6.07) is 0. The lowest BCUT2D eigenvalue weighted by atomic mass is 9.80. The maximum Gasteiger partial charge on any atom is 0.119 e. The second-order valence-corrected chi connectivity index (χ2v) is 3.57. The van der Waals surface area contributed by atoms with Crippen LogP contribution in [0.1, 0.15) is 25.7 Å². The average Bonchev–Trinajstić information content (AvgIpc) is 2.29. The molecule has 11 heavy (non-hydrogen) atoms. The number of aliphatic hydroxyl groups excluding tert-OH is 1. The quantitative estimate of drug-likeness (QED) is 0.523. The van der Waals surface area contributed by atoms with Crippen molar-refractivity contribution in [1.29, 1.82) is 0 Å². The van der Waals surface area contributed by atoms with Gasteiger partial charge in [-0.25, -0.2) is 0 Å². The molecule has 1 aliphatic heterocycles. The van der Waals surface area contributed by atoms with Crippen LogP contribution in [0, 0.1) is 0 Å². The maximum atomic E-state index is 9.90. The van der Waals surface area contributed by atoms with Gasteiger partial charge in [0.1, 0.15) is 11.7 Å². The van der Waals surface area contributed by atoms with E-state index in [0.29, 0.717) is 13.0 Å². The van der Waals surface area contributed by atoms with Crippen LogP contribution in [0.15, 0.2) is 0 Å². The van der Waals surface area contributed by atoms with E-state index in [2.05, 4.69) is 0 Å². The molecule has 2 N–H and O–H groups in total. The molecule has 0 bridgehead atoms. The molecule has 1 heterocycles. The molecule has 0 aromatic heterocycles. The van der Waals surface area contributed by atoms with Crippen molar-refractivity contribution < 1.29 is 14.9 Å². The molecule has 0 aromatic rings. The smallest absolute Gasteiger partial charge is 0.119 e. The van der Waals surface area contributed by atoms with E-state index in [-0.39, 0.29) is 6.10 Å². The van der Waals surface area contributed by atoms with Gasteiger partial charge in [0, 0.05) is 0 Å². The second-order valence-electron chi connectivity index (χ2n) is 3.57. The van der Waals surface area contributed by atoms with Gasteiger partial charge in [0.2, 0.25) is 0 Å². The number of aliphatic hydroxyl groups is 2. The fourth-order valence-corrected chi connectivity index (χ4v) is 2.11. The lowest BCUT2D eigenvalue weighted by Gasteiger charge is -2.34. The Kier molecular flexibility index (Phi) is 1.67. The first kappa shape index (κ1) is 7.53. The summed E-state index contributed by atoms with van der Waals surface area (Å²) in [5.41, 5.74) is -0.918. The minimum absolute atomic E-state index is 0.105. The highest BCUT2D eigenvalue weighted by atomic mass is 16.5. The van der Waals surface area contributed by atoms with Gasteiger partial charge < -0.3 is 14.9 Å². The van der Waals surface area contributed by atoms with E-state index in [1.165, 1.54) is 0 Å². The maximum absolute atomic E-state index is 9.90. The monoisotopic (exact) mass is 158 g/mol. The summed E-state index contributed by atoms with van der Waals surface area (Å²) in [6.45, 7) is 0.307. The molecule has 0 aromatic carbocycles. The highest BCUT2D eigenvalue weighted by Crippen LogP contribution is 2.37.